The minimum Gasteiger partial charge on any atom is -0.337 e. The topological polar surface area (TPSA) is 130 Å². The molecule has 2 aromatic heterocycles. The lowest BCUT2D eigenvalue weighted by Crippen LogP contribution is -2.04. The first-order valence-corrected chi connectivity index (χ1v) is 9.79. The van der Waals surface area contributed by atoms with Crippen molar-refractivity contribution in [3.05, 3.63) is 70.4 Å². The molecule has 10 heteroatoms. The molecule has 0 spiro atoms. The quantitative estimate of drug-likeness (QED) is 0.455. The molecule has 4 rings (SSSR count). The molecule has 2 heterocycles. The zero-order valence-corrected chi connectivity index (χ0v) is 17.8. The number of hydrogen-bond donors (Lipinski definition) is 2. The molecule has 156 valence electrons. The van der Waals surface area contributed by atoms with Crippen LogP contribution in [-0.4, -0.2) is 20.3 Å². The summed E-state index contributed by atoms with van der Waals surface area (Å²) in [6.45, 7) is 3.58. The zero-order valence-electron chi connectivity index (χ0n) is 16.3. The van der Waals surface area contributed by atoms with Crippen LogP contribution in [0.3, 0.4) is 0 Å². The van der Waals surface area contributed by atoms with Crippen molar-refractivity contribution >= 4 is 23.2 Å². The number of benzene rings is 2. The van der Waals surface area contributed by atoms with Crippen LogP contribution in [0.5, 0.6) is 0 Å². The summed E-state index contributed by atoms with van der Waals surface area (Å²) < 4.78 is 9.98. The van der Waals surface area contributed by atoms with Crippen LogP contribution < -0.4 is 11.5 Å². The minimum atomic E-state index is -0.251. The standard InChI is InChI=1S/2C10H10ClN3O/c2*1-6(12)10-13-9(14-15-10)7-2-4-8(11)5-3-7/h2*2-6H,12H2,1H3/t2*6-/m10/s1. The molecule has 0 amide bonds. The number of hydrogen-bond acceptors (Lipinski definition) is 8. The smallest absolute Gasteiger partial charge is 0.243 e. The van der Waals surface area contributed by atoms with Gasteiger partial charge < -0.3 is 20.5 Å². The first kappa shape index (κ1) is 21.9. The molecule has 0 fully saturated rings. The van der Waals surface area contributed by atoms with E-state index >= 15 is 0 Å². The summed E-state index contributed by atoms with van der Waals surface area (Å²) in [6, 6.07) is 13.9. The highest BCUT2D eigenvalue weighted by Crippen LogP contribution is 2.21. The van der Waals surface area contributed by atoms with Gasteiger partial charge in [-0.05, 0) is 62.4 Å². The molecule has 4 aromatic rings. The number of halogens is 2. The summed E-state index contributed by atoms with van der Waals surface area (Å²) in [4.78, 5) is 8.33. The van der Waals surface area contributed by atoms with E-state index in [1.165, 1.54) is 0 Å². The van der Waals surface area contributed by atoms with Gasteiger partial charge in [0.2, 0.25) is 23.4 Å². The molecular weight excluding hydrogens is 427 g/mol. The van der Waals surface area contributed by atoms with Crippen LogP contribution in [0, 0.1) is 0 Å². The Morgan fingerprint density at radius 3 is 1.27 bits per heavy atom. The van der Waals surface area contributed by atoms with Crippen molar-refractivity contribution in [1.82, 2.24) is 20.3 Å². The van der Waals surface area contributed by atoms with E-state index in [0.717, 1.165) is 11.1 Å². The molecule has 0 unspecified atom stereocenters. The molecule has 0 saturated heterocycles. The summed E-state index contributed by atoms with van der Waals surface area (Å²) in [7, 11) is 0. The van der Waals surface area contributed by atoms with Crippen LogP contribution in [0.2, 0.25) is 10.0 Å². The van der Waals surface area contributed by atoms with Gasteiger partial charge in [-0.2, -0.15) is 9.97 Å². The lowest BCUT2D eigenvalue weighted by Gasteiger charge is -1.94. The summed E-state index contributed by atoms with van der Waals surface area (Å²) in [5.74, 6) is 1.91. The van der Waals surface area contributed by atoms with Crippen molar-refractivity contribution < 1.29 is 9.05 Å². The summed E-state index contributed by atoms with van der Waals surface area (Å²) in [6.07, 6.45) is 0. The predicted octanol–water partition coefficient (Wildman–Crippen LogP) is 4.82. The molecule has 0 bridgehead atoms. The fraction of sp³-hybridized carbons (Fsp3) is 0.200. The van der Waals surface area contributed by atoms with Gasteiger partial charge in [0.25, 0.3) is 0 Å². The maximum absolute atomic E-state index is 5.77. The van der Waals surface area contributed by atoms with Crippen LogP contribution in [0.15, 0.2) is 57.6 Å². The SMILES string of the molecule is C[C@@H](N)c1nc(-c2ccc(Cl)cc2)no1.C[C@H](N)c1nc(-c2ccc(Cl)cc2)no1. The first-order chi connectivity index (χ1) is 14.3. The Balaban J connectivity index is 0.000000171. The molecule has 0 aliphatic rings. The monoisotopic (exact) mass is 446 g/mol. The Kier molecular flexibility index (Phi) is 7.17. The molecule has 0 saturated carbocycles. The molecule has 8 nitrogen and oxygen atoms in total. The average molecular weight is 447 g/mol. The molecule has 30 heavy (non-hydrogen) atoms. The average Bonchev–Trinajstić information content (AvgIpc) is 3.40. The normalized spacial score (nSPS) is 12.7. The van der Waals surface area contributed by atoms with Gasteiger partial charge in [0.15, 0.2) is 0 Å². The van der Waals surface area contributed by atoms with Gasteiger partial charge in [-0.25, -0.2) is 0 Å². The van der Waals surface area contributed by atoms with Crippen LogP contribution in [-0.2, 0) is 0 Å². The van der Waals surface area contributed by atoms with Gasteiger partial charge in [-0.1, -0.05) is 33.5 Å². The van der Waals surface area contributed by atoms with Gasteiger partial charge >= 0.3 is 0 Å². The second-order valence-corrected chi connectivity index (χ2v) is 7.38. The van der Waals surface area contributed by atoms with E-state index < -0.39 is 0 Å². The Morgan fingerprint density at radius 2 is 1.00 bits per heavy atom. The third kappa shape index (κ3) is 5.64. The Hall–Kier alpha value is -2.78. The second-order valence-electron chi connectivity index (χ2n) is 6.50. The van der Waals surface area contributed by atoms with Gasteiger partial charge in [0.1, 0.15) is 0 Å². The Bertz CT molecular complexity index is 988. The van der Waals surface area contributed by atoms with E-state index in [1.54, 1.807) is 38.1 Å². The van der Waals surface area contributed by atoms with E-state index in [9.17, 15) is 0 Å². The van der Waals surface area contributed by atoms with E-state index in [2.05, 4.69) is 20.3 Å². The number of nitrogens with two attached hydrogens (primary N) is 2. The van der Waals surface area contributed by atoms with Gasteiger partial charge in [-0.15, -0.1) is 0 Å². The molecule has 2 aromatic carbocycles. The van der Waals surface area contributed by atoms with Crippen LogP contribution in [0.1, 0.15) is 37.7 Å². The Morgan fingerprint density at radius 1 is 0.667 bits per heavy atom. The van der Waals surface area contributed by atoms with Crippen molar-refractivity contribution in [3.8, 4) is 22.8 Å². The number of aromatic nitrogens is 4. The maximum atomic E-state index is 5.77. The second kappa shape index (κ2) is 9.82. The molecule has 0 aliphatic carbocycles. The highest BCUT2D eigenvalue weighted by molar-refractivity contribution is 6.30. The summed E-state index contributed by atoms with van der Waals surface area (Å²) >= 11 is 11.5. The van der Waals surface area contributed by atoms with Crippen LogP contribution >= 0.6 is 23.2 Å². The van der Waals surface area contributed by atoms with E-state index in [-0.39, 0.29) is 12.1 Å². The molecule has 2 atom stereocenters. The van der Waals surface area contributed by atoms with Crippen molar-refractivity contribution in [1.29, 1.82) is 0 Å². The summed E-state index contributed by atoms with van der Waals surface area (Å²) in [5, 5.41) is 9.01. The van der Waals surface area contributed by atoms with E-state index in [0.29, 0.717) is 33.5 Å². The van der Waals surface area contributed by atoms with Gasteiger partial charge in [-0.3, -0.25) is 0 Å². The van der Waals surface area contributed by atoms with Crippen molar-refractivity contribution in [3.63, 3.8) is 0 Å². The molecule has 4 N–H and O–H groups in total. The fourth-order valence-electron chi connectivity index (χ4n) is 2.27. The maximum Gasteiger partial charge on any atom is 0.243 e. The number of nitrogens with zero attached hydrogens (tertiary/aromatic N) is 4. The zero-order chi connectivity index (χ0) is 21.7. The first-order valence-electron chi connectivity index (χ1n) is 9.03. The van der Waals surface area contributed by atoms with Crippen molar-refractivity contribution in [2.24, 2.45) is 11.5 Å². The highest BCUT2D eigenvalue weighted by Gasteiger charge is 2.12. The van der Waals surface area contributed by atoms with E-state index in [1.807, 2.05) is 24.3 Å². The Labute approximate surface area is 183 Å². The number of rotatable bonds is 4. The fourth-order valence-corrected chi connectivity index (χ4v) is 2.52. The lowest BCUT2D eigenvalue weighted by atomic mass is 10.2. The third-order valence-electron chi connectivity index (χ3n) is 3.87. The lowest BCUT2D eigenvalue weighted by molar-refractivity contribution is 0.362. The molecular formula is C20H20Cl2N6O2. The van der Waals surface area contributed by atoms with Gasteiger partial charge in [0, 0.05) is 21.2 Å². The highest BCUT2D eigenvalue weighted by atomic mass is 35.5. The third-order valence-corrected chi connectivity index (χ3v) is 4.37. The van der Waals surface area contributed by atoms with Crippen LogP contribution in [0.25, 0.3) is 22.8 Å². The van der Waals surface area contributed by atoms with E-state index in [4.69, 9.17) is 43.7 Å². The van der Waals surface area contributed by atoms with Crippen molar-refractivity contribution in [2.45, 2.75) is 25.9 Å². The minimum absolute atomic E-state index is 0.251. The molecule has 0 aliphatic heterocycles. The van der Waals surface area contributed by atoms with Crippen molar-refractivity contribution in [2.75, 3.05) is 0 Å². The van der Waals surface area contributed by atoms with Gasteiger partial charge in [0.05, 0.1) is 12.1 Å². The largest absolute Gasteiger partial charge is 0.337 e. The van der Waals surface area contributed by atoms with Crippen LogP contribution in [0.4, 0.5) is 0 Å². The molecule has 0 radical (unpaired) electrons. The summed E-state index contributed by atoms with van der Waals surface area (Å²) in [5.41, 5.74) is 12.9. The predicted molar refractivity (Wildman–Crippen MR) is 115 cm³/mol.